The Kier molecular flexibility index (Phi) is 1.87. The third kappa shape index (κ3) is 1.18. The average Bonchev–Trinajstić information content (AvgIpc) is 2.66. The summed E-state index contributed by atoms with van der Waals surface area (Å²) in [6, 6.07) is 14.2. The van der Waals surface area contributed by atoms with E-state index in [1.807, 2.05) is 37.3 Å². The quantitative estimate of drug-likeness (QED) is 0.568. The van der Waals surface area contributed by atoms with Gasteiger partial charge in [-0.05, 0) is 24.6 Å². The minimum absolute atomic E-state index is 0.932. The molecule has 1 aromatic heterocycles. The summed E-state index contributed by atoms with van der Waals surface area (Å²) in [5.41, 5.74) is 4.10. The molecule has 0 aliphatic heterocycles. The first-order chi connectivity index (χ1) is 7.77. The molecule has 0 unspecified atom stereocenters. The topological polar surface area (TPSA) is 13.1 Å². The summed E-state index contributed by atoms with van der Waals surface area (Å²) in [6.07, 6.45) is 0. The summed E-state index contributed by atoms with van der Waals surface area (Å²) in [5.74, 6) is 0. The Hall–Kier alpha value is -2.02. The Labute approximate surface area is 94.0 Å². The van der Waals surface area contributed by atoms with E-state index in [-0.39, 0.29) is 0 Å². The second-order valence-electron chi connectivity index (χ2n) is 4.06. The number of allylic oxidation sites excluding steroid dienone is 1. The van der Waals surface area contributed by atoms with Crippen molar-refractivity contribution in [1.82, 2.24) is 0 Å². The summed E-state index contributed by atoms with van der Waals surface area (Å²) in [7, 11) is 0. The minimum atomic E-state index is 0.932. The molecule has 1 heterocycles. The molecular formula is C15H12O. The molecule has 1 heteroatoms. The molecule has 78 valence electrons. The predicted molar refractivity (Wildman–Crippen MR) is 68.4 cm³/mol. The molecule has 0 atom stereocenters. The van der Waals surface area contributed by atoms with Crippen molar-refractivity contribution in [2.24, 2.45) is 0 Å². The van der Waals surface area contributed by atoms with Gasteiger partial charge in [-0.15, -0.1) is 0 Å². The number of furan rings is 1. The fourth-order valence-electron chi connectivity index (χ4n) is 2.13. The summed E-state index contributed by atoms with van der Waals surface area (Å²) in [6.45, 7) is 6.04. The molecule has 3 rings (SSSR count). The molecule has 0 spiro atoms. The molecule has 0 aliphatic rings. The Morgan fingerprint density at radius 2 is 1.75 bits per heavy atom. The van der Waals surface area contributed by atoms with Crippen molar-refractivity contribution in [3.8, 4) is 0 Å². The average molecular weight is 208 g/mol. The van der Waals surface area contributed by atoms with Crippen LogP contribution in [0.1, 0.15) is 12.5 Å². The maximum atomic E-state index is 5.80. The Bertz CT molecular complexity index is 689. The molecule has 0 aliphatic carbocycles. The van der Waals surface area contributed by atoms with E-state index < -0.39 is 0 Å². The maximum absolute atomic E-state index is 5.80. The van der Waals surface area contributed by atoms with E-state index in [0.29, 0.717) is 0 Å². The zero-order chi connectivity index (χ0) is 11.1. The molecule has 0 saturated carbocycles. The van der Waals surface area contributed by atoms with Gasteiger partial charge in [-0.2, -0.15) is 0 Å². The lowest BCUT2D eigenvalue weighted by Gasteiger charge is -2.00. The van der Waals surface area contributed by atoms with Gasteiger partial charge in [0, 0.05) is 10.8 Å². The van der Waals surface area contributed by atoms with Gasteiger partial charge in [0.1, 0.15) is 11.2 Å². The largest absolute Gasteiger partial charge is 0.456 e. The second kappa shape index (κ2) is 3.24. The monoisotopic (exact) mass is 208 g/mol. The van der Waals surface area contributed by atoms with Gasteiger partial charge in [-0.3, -0.25) is 0 Å². The standard InChI is InChI=1S/C15H12O/c1-10(2)11-7-5-9-14-15(11)12-6-3-4-8-13(12)16-14/h3-9H,1H2,2H3. The van der Waals surface area contributed by atoms with Crippen LogP contribution in [0.15, 0.2) is 53.5 Å². The second-order valence-corrected chi connectivity index (χ2v) is 4.06. The summed E-state index contributed by atoms with van der Waals surface area (Å²) < 4.78 is 5.80. The van der Waals surface area contributed by atoms with Crippen molar-refractivity contribution in [1.29, 1.82) is 0 Å². The van der Waals surface area contributed by atoms with Crippen LogP contribution >= 0.6 is 0 Å². The van der Waals surface area contributed by atoms with E-state index in [9.17, 15) is 0 Å². The molecule has 0 amide bonds. The molecule has 0 bridgehead atoms. The van der Waals surface area contributed by atoms with Crippen LogP contribution in [-0.2, 0) is 0 Å². The van der Waals surface area contributed by atoms with Crippen molar-refractivity contribution in [2.75, 3.05) is 0 Å². The van der Waals surface area contributed by atoms with E-state index in [1.54, 1.807) is 0 Å². The predicted octanol–water partition coefficient (Wildman–Crippen LogP) is 4.62. The van der Waals surface area contributed by atoms with Crippen LogP contribution in [0.2, 0.25) is 0 Å². The van der Waals surface area contributed by atoms with Crippen molar-refractivity contribution in [2.45, 2.75) is 6.92 Å². The van der Waals surface area contributed by atoms with Gasteiger partial charge >= 0.3 is 0 Å². The van der Waals surface area contributed by atoms with Gasteiger partial charge in [-0.25, -0.2) is 0 Å². The van der Waals surface area contributed by atoms with Crippen molar-refractivity contribution >= 4 is 27.5 Å². The number of para-hydroxylation sites is 1. The molecule has 16 heavy (non-hydrogen) atoms. The van der Waals surface area contributed by atoms with Crippen molar-refractivity contribution < 1.29 is 4.42 Å². The zero-order valence-corrected chi connectivity index (χ0v) is 9.16. The first kappa shape index (κ1) is 9.22. The van der Waals surface area contributed by atoms with E-state index in [2.05, 4.69) is 18.7 Å². The van der Waals surface area contributed by atoms with Gasteiger partial charge in [0.2, 0.25) is 0 Å². The van der Waals surface area contributed by atoms with Gasteiger partial charge in [0.15, 0.2) is 0 Å². The van der Waals surface area contributed by atoms with Crippen LogP contribution in [0.4, 0.5) is 0 Å². The van der Waals surface area contributed by atoms with Gasteiger partial charge in [0.25, 0.3) is 0 Å². The number of hydrogen-bond acceptors (Lipinski definition) is 1. The summed E-state index contributed by atoms with van der Waals surface area (Å²) >= 11 is 0. The molecule has 0 radical (unpaired) electrons. The van der Waals surface area contributed by atoms with E-state index in [4.69, 9.17) is 4.42 Å². The molecule has 1 nitrogen and oxygen atoms in total. The molecule has 0 fully saturated rings. The number of hydrogen-bond donors (Lipinski definition) is 0. The number of rotatable bonds is 1. The van der Waals surface area contributed by atoms with Crippen molar-refractivity contribution in [3.63, 3.8) is 0 Å². The molecular weight excluding hydrogens is 196 g/mol. The summed E-state index contributed by atoms with van der Waals surface area (Å²) in [5, 5.41) is 2.33. The SMILES string of the molecule is C=C(C)c1cccc2oc3ccccc3c12. The van der Waals surface area contributed by atoms with E-state index in [0.717, 1.165) is 22.1 Å². The van der Waals surface area contributed by atoms with Crippen LogP contribution in [-0.4, -0.2) is 0 Å². The van der Waals surface area contributed by atoms with Gasteiger partial charge in [0.05, 0.1) is 0 Å². The van der Waals surface area contributed by atoms with Crippen LogP contribution in [0.5, 0.6) is 0 Å². The van der Waals surface area contributed by atoms with E-state index >= 15 is 0 Å². The normalized spacial score (nSPS) is 11.1. The number of benzene rings is 2. The highest BCUT2D eigenvalue weighted by molar-refractivity contribution is 6.09. The minimum Gasteiger partial charge on any atom is -0.456 e. The van der Waals surface area contributed by atoms with Gasteiger partial charge < -0.3 is 4.42 Å². The van der Waals surface area contributed by atoms with Crippen LogP contribution < -0.4 is 0 Å². The fraction of sp³-hybridized carbons (Fsp3) is 0.0667. The Balaban J connectivity index is 2.57. The summed E-state index contributed by atoms with van der Waals surface area (Å²) in [4.78, 5) is 0. The van der Waals surface area contributed by atoms with Crippen LogP contribution in [0, 0.1) is 0 Å². The van der Waals surface area contributed by atoms with Crippen LogP contribution in [0.3, 0.4) is 0 Å². The third-order valence-corrected chi connectivity index (χ3v) is 2.86. The molecule has 2 aromatic carbocycles. The fourth-order valence-corrected chi connectivity index (χ4v) is 2.13. The highest BCUT2D eigenvalue weighted by Crippen LogP contribution is 2.33. The number of fused-ring (bicyclic) bond motifs is 3. The Morgan fingerprint density at radius 3 is 2.56 bits per heavy atom. The lowest BCUT2D eigenvalue weighted by Crippen LogP contribution is -1.78. The molecule has 0 saturated heterocycles. The third-order valence-electron chi connectivity index (χ3n) is 2.86. The maximum Gasteiger partial charge on any atom is 0.136 e. The smallest absolute Gasteiger partial charge is 0.136 e. The van der Waals surface area contributed by atoms with Crippen LogP contribution in [0.25, 0.3) is 27.5 Å². The Morgan fingerprint density at radius 1 is 1.00 bits per heavy atom. The zero-order valence-electron chi connectivity index (χ0n) is 9.16. The first-order valence-corrected chi connectivity index (χ1v) is 5.33. The lowest BCUT2D eigenvalue weighted by atomic mass is 10.0. The lowest BCUT2D eigenvalue weighted by molar-refractivity contribution is 0.669. The first-order valence-electron chi connectivity index (χ1n) is 5.33. The van der Waals surface area contributed by atoms with Crippen molar-refractivity contribution in [3.05, 3.63) is 54.6 Å². The molecule has 3 aromatic rings. The highest BCUT2D eigenvalue weighted by Gasteiger charge is 2.09. The van der Waals surface area contributed by atoms with Gasteiger partial charge in [-0.1, -0.05) is 42.5 Å². The highest BCUT2D eigenvalue weighted by atomic mass is 16.3. The van der Waals surface area contributed by atoms with E-state index in [1.165, 1.54) is 10.9 Å². The molecule has 0 N–H and O–H groups in total.